The summed E-state index contributed by atoms with van der Waals surface area (Å²) in [7, 11) is 1.96. The fourth-order valence-electron chi connectivity index (χ4n) is 5.17. The SMILES string of the molecule is CN1C2=C(C=NC1Nc1ccc(C(=O)NCCc3ccncc3)cc1)CN=C(c1ccccc1F)c1cc(Cl)ccc12. The van der Waals surface area contributed by atoms with Gasteiger partial charge >= 0.3 is 0 Å². The van der Waals surface area contributed by atoms with E-state index in [-0.39, 0.29) is 11.7 Å². The van der Waals surface area contributed by atoms with Crippen molar-refractivity contribution in [1.29, 1.82) is 0 Å². The number of carbonyl (C=O) groups excluding carboxylic acids is 1. The van der Waals surface area contributed by atoms with Crippen LogP contribution in [0.5, 0.6) is 0 Å². The molecule has 4 aromatic rings. The molecule has 7 nitrogen and oxygen atoms in total. The lowest BCUT2D eigenvalue weighted by Gasteiger charge is -2.34. The summed E-state index contributed by atoms with van der Waals surface area (Å²) >= 11 is 6.41. The Balaban J connectivity index is 1.18. The molecule has 2 N–H and O–H groups in total. The molecule has 2 aliphatic heterocycles. The number of halogens is 2. The maximum absolute atomic E-state index is 14.9. The van der Waals surface area contributed by atoms with E-state index >= 15 is 0 Å². The van der Waals surface area contributed by atoms with Crippen LogP contribution in [0.15, 0.2) is 107 Å². The van der Waals surface area contributed by atoms with Gasteiger partial charge in [0.15, 0.2) is 6.29 Å². The predicted octanol–water partition coefficient (Wildman–Crippen LogP) is 5.82. The number of nitrogens with zero attached hydrogens (tertiary/aromatic N) is 4. The molecule has 210 valence electrons. The van der Waals surface area contributed by atoms with Crippen molar-refractivity contribution in [3.8, 4) is 0 Å². The molecule has 1 aromatic heterocycles. The number of hydrogen-bond acceptors (Lipinski definition) is 6. The number of fused-ring (bicyclic) bond motifs is 2. The molecule has 0 saturated carbocycles. The van der Waals surface area contributed by atoms with Crippen LogP contribution < -0.4 is 10.6 Å². The lowest BCUT2D eigenvalue weighted by atomic mass is 9.94. The molecule has 3 aromatic carbocycles. The number of anilines is 1. The van der Waals surface area contributed by atoms with Gasteiger partial charge in [-0.15, -0.1) is 0 Å². The summed E-state index contributed by atoms with van der Waals surface area (Å²) < 4.78 is 14.9. The molecule has 6 rings (SSSR count). The summed E-state index contributed by atoms with van der Waals surface area (Å²) in [4.78, 5) is 28.3. The van der Waals surface area contributed by atoms with Gasteiger partial charge in [-0.1, -0.05) is 29.8 Å². The van der Waals surface area contributed by atoms with Gasteiger partial charge in [-0.3, -0.25) is 14.8 Å². The summed E-state index contributed by atoms with van der Waals surface area (Å²) in [5.74, 6) is -0.466. The van der Waals surface area contributed by atoms with Crippen molar-refractivity contribution in [2.75, 3.05) is 25.5 Å². The number of carbonyl (C=O) groups is 1. The molecule has 0 radical (unpaired) electrons. The van der Waals surface area contributed by atoms with Crippen molar-refractivity contribution in [3.05, 3.63) is 135 Å². The van der Waals surface area contributed by atoms with Gasteiger partial charge < -0.3 is 15.5 Å². The van der Waals surface area contributed by atoms with Crippen LogP contribution in [0, 0.1) is 5.82 Å². The molecule has 1 atom stereocenters. The quantitative estimate of drug-likeness (QED) is 0.289. The van der Waals surface area contributed by atoms with Crippen LogP contribution in [0.2, 0.25) is 5.02 Å². The third kappa shape index (κ3) is 5.66. The molecule has 0 fully saturated rings. The fourth-order valence-corrected chi connectivity index (χ4v) is 5.35. The number of aliphatic imine (C=N–C) groups is 2. The number of benzene rings is 3. The highest BCUT2D eigenvalue weighted by Crippen LogP contribution is 2.35. The highest BCUT2D eigenvalue weighted by atomic mass is 35.5. The van der Waals surface area contributed by atoms with Crippen molar-refractivity contribution < 1.29 is 9.18 Å². The minimum atomic E-state index is -0.415. The van der Waals surface area contributed by atoms with Gasteiger partial charge in [-0.25, -0.2) is 9.38 Å². The van der Waals surface area contributed by atoms with Crippen LogP contribution in [0.4, 0.5) is 10.1 Å². The number of nitrogens with one attached hydrogen (secondary N) is 2. The molecule has 0 bridgehead atoms. The topological polar surface area (TPSA) is 82.0 Å². The van der Waals surface area contributed by atoms with Crippen LogP contribution in [-0.2, 0) is 6.42 Å². The van der Waals surface area contributed by atoms with E-state index in [1.807, 2.05) is 60.6 Å². The van der Waals surface area contributed by atoms with Crippen LogP contribution >= 0.6 is 11.6 Å². The largest absolute Gasteiger partial charge is 0.352 e. The maximum atomic E-state index is 14.9. The van der Waals surface area contributed by atoms with Gasteiger partial charge in [0, 0.05) is 70.7 Å². The first kappa shape index (κ1) is 27.4. The lowest BCUT2D eigenvalue weighted by molar-refractivity contribution is 0.0954. The number of aromatic nitrogens is 1. The number of hydrogen-bond donors (Lipinski definition) is 2. The first-order chi connectivity index (χ1) is 20.5. The summed E-state index contributed by atoms with van der Waals surface area (Å²) in [6, 6.07) is 23.4. The average molecular weight is 579 g/mol. The van der Waals surface area contributed by atoms with Crippen LogP contribution in [0.25, 0.3) is 5.70 Å². The summed E-state index contributed by atoms with van der Waals surface area (Å²) in [5, 5.41) is 6.95. The van der Waals surface area contributed by atoms with E-state index in [2.05, 4.69) is 15.6 Å². The van der Waals surface area contributed by atoms with Crippen molar-refractivity contribution in [2.45, 2.75) is 12.7 Å². The minimum absolute atomic E-state index is 0.127. The first-order valence-corrected chi connectivity index (χ1v) is 14.0. The normalized spacial score (nSPS) is 15.8. The minimum Gasteiger partial charge on any atom is -0.352 e. The zero-order valence-electron chi connectivity index (χ0n) is 22.9. The molecule has 42 heavy (non-hydrogen) atoms. The Kier molecular flexibility index (Phi) is 7.79. The summed E-state index contributed by atoms with van der Waals surface area (Å²) in [6.45, 7) is 0.883. The Labute approximate surface area is 248 Å². The standard InChI is InChI=1S/C33H28ClFN6O/c1-41-31-23(19-38-30(27-4-2-3-5-29(27)35)28-18-24(34)8-11-26(28)31)20-39-33(41)40-25-9-6-22(7-10-25)32(42)37-17-14-21-12-15-36-16-13-21/h2-13,15-16,18,20,33,40H,14,17,19H2,1H3,(H,37,42). The van der Waals surface area contributed by atoms with Crippen molar-refractivity contribution in [2.24, 2.45) is 9.98 Å². The van der Waals surface area contributed by atoms with Crippen molar-refractivity contribution in [1.82, 2.24) is 15.2 Å². The third-order valence-electron chi connectivity index (χ3n) is 7.32. The monoisotopic (exact) mass is 578 g/mol. The van der Waals surface area contributed by atoms with E-state index in [1.54, 1.807) is 42.7 Å². The third-order valence-corrected chi connectivity index (χ3v) is 7.55. The van der Waals surface area contributed by atoms with Gasteiger partial charge in [0.25, 0.3) is 5.91 Å². The second-order valence-electron chi connectivity index (χ2n) is 10.1. The van der Waals surface area contributed by atoms with Crippen LogP contribution in [0.3, 0.4) is 0 Å². The van der Waals surface area contributed by atoms with Gasteiger partial charge in [0.05, 0.1) is 18.0 Å². The number of rotatable bonds is 7. The van der Waals surface area contributed by atoms with Gasteiger partial charge in [-0.2, -0.15) is 0 Å². The highest BCUT2D eigenvalue weighted by Gasteiger charge is 2.29. The molecule has 0 spiro atoms. The zero-order chi connectivity index (χ0) is 29.1. The molecular weight excluding hydrogens is 551 g/mol. The van der Waals surface area contributed by atoms with Crippen molar-refractivity contribution >= 4 is 40.8 Å². The smallest absolute Gasteiger partial charge is 0.251 e. The molecule has 1 unspecified atom stereocenters. The van der Waals surface area contributed by atoms with Crippen molar-refractivity contribution in [3.63, 3.8) is 0 Å². The Hall–Kier alpha value is -4.82. The molecule has 2 aliphatic rings. The first-order valence-electron chi connectivity index (χ1n) is 13.6. The van der Waals surface area contributed by atoms with Crippen LogP contribution in [-0.4, -0.2) is 54.1 Å². The Bertz CT molecular complexity index is 1720. The predicted molar refractivity (Wildman–Crippen MR) is 166 cm³/mol. The van der Waals surface area contributed by atoms with E-state index in [9.17, 15) is 9.18 Å². The molecular formula is C33H28ClFN6O. The van der Waals surface area contributed by atoms with E-state index < -0.39 is 6.29 Å². The van der Waals surface area contributed by atoms with E-state index in [0.29, 0.717) is 35.0 Å². The van der Waals surface area contributed by atoms with Gasteiger partial charge in [-0.05, 0) is 72.6 Å². The van der Waals surface area contributed by atoms with E-state index in [4.69, 9.17) is 21.6 Å². The van der Waals surface area contributed by atoms with Gasteiger partial charge in [0.1, 0.15) is 5.82 Å². The zero-order valence-corrected chi connectivity index (χ0v) is 23.6. The maximum Gasteiger partial charge on any atom is 0.251 e. The Morgan fingerprint density at radius 3 is 2.57 bits per heavy atom. The fraction of sp³-hybridized carbons (Fsp3) is 0.152. The molecule has 3 heterocycles. The molecule has 1 amide bonds. The summed E-state index contributed by atoms with van der Waals surface area (Å²) in [6.07, 6.45) is 5.63. The summed E-state index contributed by atoms with van der Waals surface area (Å²) in [5.41, 5.74) is 7.01. The van der Waals surface area contributed by atoms with Crippen LogP contribution in [0.1, 0.15) is 32.6 Å². The Morgan fingerprint density at radius 1 is 1.00 bits per heavy atom. The van der Waals surface area contributed by atoms with E-state index in [1.165, 1.54) is 6.07 Å². The lowest BCUT2D eigenvalue weighted by Crippen LogP contribution is -2.39. The number of amides is 1. The van der Waals surface area contributed by atoms with E-state index in [0.717, 1.165) is 40.1 Å². The molecule has 9 heteroatoms. The van der Waals surface area contributed by atoms with Gasteiger partial charge in [0.2, 0.25) is 0 Å². The Morgan fingerprint density at radius 2 is 1.79 bits per heavy atom. The molecule has 0 saturated heterocycles. The second kappa shape index (κ2) is 12.0. The second-order valence-corrected chi connectivity index (χ2v) is 10.5. The highest BCUT2D eigenvalue weighted by molar-refractivity contribution is 6.31. The average Bonchev–Trinajstić information content (AvgIpc) is 3.16. The molecule has 0 aliphatic carbocycles. The number of pyridine rings is 1.